The van der Waals surface area contributed by atoms with E-state index >= 15 is 0 Å². The maximum absolute atomic E-state index is 13.4. The van der Waals surface area contributed by atoms with Crippen molar-refractivity contribution in [2.24, 2.45) is 17.3 Å². The molecule has 0 aromatic rings. The molecule has 0 aliphatic heterocycles. The van der Waals surface area contributed by atoms with Gasteiger partial charge in [0.2, 0.25) is 0 Å². The normalized spacial score (nSPS) is 34.8. The molecule has 0 saturated heterocycles. The van der Waals surface area contributed by atoms with Crippen LogP contribution in [0.1, 0.15) is 65.2 Å². The first-order valence-corrected chi connectivity index (χ1v) is 11.7. The number of alkyl halides is 2. The van der Waals surface area contributed by atoms with Crippen LogP contribution in [0.4, 0.5) is 8.78 Å². The predicted octanol–water partition coefficient (Wildman–Crippen LogP) is 2.24. The molecule has 0 heterocycles. The van der Waals surface area contributed by atoms with Crippen molar-refractivity contribution in [3.8, 4) is 0 Å². The number of aliphatic hydroxyl groups is 2. The fraction of sp³-hybridized carbons (Fsp3) is 0.947. The Balaban J connectivity index is 1.69. The molecule has 3 N–H and O–H groups in total. The third kappa shape index (κ3) is 3.87. The van der Waals surface area contributed by atoms with Crippen molar-refractivity contribution in [3.05, 3.63) is 0 Å². The lowest BCUT2D eigenvalue weighted by atomic mass is 9.43. The molecule has 4 aliphatic rings. The van der Waals surface area contributed by atoms with E-state index in [4.69, 9.17) is 9.29 Å². The van der Waals surface area contributed by atoms with Crippen LogP contribution >= 0.6 is 0 Å². The van der Waals surface area contributed by atoms with Gasteiger partial charge in [0, 0.05) is 5.41 Å². The van der Waals surface area contributed by atoms with Gasteiger partial charge in [0.15, 0.2) is 0 Å². The highest BCUT2D eigenvalue weighted by atomic mass is 32.2. The summed E-state index contributed by atoms with van der Waals surface area (Å²) in [6.07, 6.45) is 2.56. The molecule has 4 aliphatic carbocycles. The van der Waals surface area contributed by atoms with Crippen molar-refractivity contribution >= 4 is 16.1 Å². The summed E-state index contributed by atoms with van der Waals surface area (Å²) in [6, 6.07) is 0. The predicted molar refractivity (Wildman–Crippen MR) is 99.9 cm³/mol. The molecule has 11 heteroatoms. The van der Waals surface area contributed by atoms with Gasteiger partial charge in [-0.25, -0.2) is 4.79 Å². The average molecular weight is 457 g/mol. The molecular formula is C19H30F2O8S. The Bertz CT molecular complexity index is 765. The van der Waals surface area contributed by atoms with Crippen LogP contribution in [0, 0.1) is 17.3 Å². The Morgan fingerprint density at radius 2 is 1.70 bits per heavy atom. The number of esters is 1. The monoisotopic (exact) mass is 456 g/mol. The Labute approximate surface area is 174 Å². The van der Waals surface area contributed by atoms with E-state index in [9.17, 15) is 32.2 Å². The van der Waals surface area contributed by atoms with Crippen LogP contribution in [0.2, 0.25) is 0 Å². The fourth-order valence-electron chi connectivity index (χ4n) is 6.46. The molecule has 30 heavy (non-hydrogen) atoms. The maximum Gasteiger partial charge on any atom is 0.430 e. The van der Waals surface area contributed by atoms with Crippen LogP contribution in [-0.4, -0.2) is 58.5 Å². The number of hydrogen-bond acceptors (Lipinski definition) is 7. The smallest absolute Gasteiger partial charge is 0.426 e. The Morgan fingerprint density at radius 3 is 2.17 bits per heavy atom. The van der Waals surface area contributed by atoms with Crippen molar-refractivity contribution in [2.75, 3.05) is 6.61 Å². The standard InChI is InChI=1S/C19H30F2O8S/c1-3-18(24,4-2)16-6-12-5-13(7-16)9-17(8-12,11-16)28-10-14(22)29-15(23)19(20,21)30(25,26)27/h12-13,15,23-24H,3-11H2,1-2H3,(H,25,26,27). The zero-order valence-electron chi connectivity index (χ0n) is 17.1. The SMILES string of the molecule is CCC(O)(CC)C12CC3CC(CC(OCC(=O)OC(O)C(F)(F)S(=O)(=O)O)(C3)C1)C2. The molecular weight excluding hydrogens is 426 g/mol. The molecule has 4 bridgehead atoms. The topological polar surface area (TPSA) is 130 Å². The lowest BCUT2D eigenvalue weighted by Gasteiger charge is -2.65. The summed E-state index contributed by atoms with van der Waals surface area (Å²) in [5.41, 5.74) is -1.88. The van der Waals surface area contributed by atoms with Crippen LogP contribution in [0.3, 0.4) is 0 Å². The van der Waals surface area contributed by atoms with E-state index in [1.165, 1.54) is 0 Å². The summed E-state index contributed by atoms with van der Waals surface area (Å²) < 4.78 is 66.5. The number of halogens is 2. The molecule has 3 unspecified atom stereocenters. The van der Waals surface area contributed by atoms with Gasteiger partial charge in [-0.2, -0.15) is 17.2 Å². The molecule has 0 aromatic carbocycles. The first-order chi connectivity index (χ1) is 13.7. The molecule has 8 nitrogen and oxygen atoms in total. The summed E-state index contributed by atoms with van der Waals surface area (Å²) >= 11 is 0. The third-order valence-electron chi connectivity index (χ3n) is 7.54. The van der Waals surface area contributed by atoms with Gasteiger partial charge in [-0.3, -0.25) is 4.55 Å². The molecule has 0 aromatic heterocycles. The fourth-order valence-corrected chi connectivity index (χ4v) is 6.76. The molecule has 0 amide bonds. The van der Waals surface area contributed by atoms with Crippen molar-refractivity contribution in [1.29, 1.82) is 0 Å². The molecule has 3 atom stereocenters. The highest BCUT2D eigenvalue weighted by Crippen LogP contribution is 2.67. The highest BCUT2D eigenvalue weighted by molar-refractivity contribution is 7.86. The summed E-state index contributed by atoms with van der Waals surface area (Å²) in [5.74, 6) is -0.695. The Hall–Kier alpha value is -0.880. The van der Waals surface area contributed by atoms with Crippen LogP contribution in [0.25, 0.3) is 0 Å². The van der Waals surface area contributed by atoms with Gasteiger partial charge in [0.25, 0.3) is 6.29 Å². The van der Waals surface area contributed by atoms with Crippen LogP contribution in [-0.2, 0) is 24.4 Å². The summed E-state index contributed by atoms with van der Waals surface area (Å²) in [6.45, 7) is 3.15. The summed E-state index contributed by atoms with van der Waals surface area (Å²) in [5, 5.41) is 15.5. The van der Waals surface area contributed by atoms with Crippen molar-refractivity contribution < 1.29 is 46.2 Å². The minimum absolute atomic E-state index is 0.331. The molecule has 4 saturated carbocycles. The van der Waals surface area contributed by atoms with Gasteiger partial charge in [-0.1, -0.05) is 13.8 Å². The van der Waals surface area contributed by atoms with Gasteiger partial charge in [0.05, 0.1) is 11.2 Å². The van der Waals surface area contributed by atoms with Crippen molar-refractivity contribution in [3.63, 3.8) is 0 Å². The van der Waals surface area contributed by atoms with Crippen LogP contribution < -0.4 is 0 Å². The van der Waals surface area contributed by atoms with Gasteiger partial charge in [0.1, 0.15) is 6.61 Å². The third-order valence-corrected chi connectivity index (χ3v) is 8.42. The zero-order valence-corrected chi connectivity index (χ0v) is 18.0. The second-order valence-electron chi connectivity index (χ2n) is 9.33. The maximum atomic E-state index is 13.4. The summed E-state index contributed by atoms with van der Waals surface area (Å²) in [7, 11) is -5.96. The highest BCUT2D eigenvalue weighted by Gasteiger charge is 2.64. The van der Waals surface area contributed by atoms with Crippen molar-refractivity contribution in [1.82, 2.24) is 0 Å². The minimum Gasteiger partial charge on any atom is -0.426 e. The van der Waals surface area contributed by atoms with Gasteiger partial charge < -0.3 is 19.7 Å². The van der Waals surface area contributed by atoms with E-state index in [2.05, 4.69) is 4.74 Å². The second-order valence-corrected chi connectivity index (χ2v) is 10.8. The largest absolute Gasteiger partial charge is 0.430 e. The number of rotatable bonds is 9. The van der Waals surface area contributed by atoms with Crippen LogP contribution in [0.5, 0.6) is 0 Å². The van der Waals surface area contributed by atoms with E-state index in [1.807, 2.05) is 13.8 Å². The van der Waals surface area contributed by atoms with E-state index < -0.39 is 45.4 Å². The number of aliphatic hydroxyl groups excluding tert-OH is 1. The summed E-state index contributed by atoms with van der Waals surface area (Å²) in [4.78, 5) is 11.9. The number of ether oxygens (including phenoxy) is 2. The van der Waals surface area contributed by atoms with E-state index in [0.717, 1.165) is 19.3 Å². The number of hydrogen-bond donors (Lipinski definition) is 3. The van der Waals surface area contributed by atoms with E-state index in [-0.39, 0.29) is 5.41 Å². The lowest BCUT2D eigenvalue weighted by Crippen LogP contribution is -2.64. The molecule has 0 spiro atoms. The van der Waals surface area contributed by atoms with Crippen LogP contribution in [0.15, 0.2) is 0 Å². The Kier molecular flexibility index (Phi) is 6.03. The zero-order chi connectivity index (χ0) is 22.6. The second kappa shape index (κ2) is 7.61. The molecule has 4 fully saturated rings. The molecule has 4 rings (SSSR count). The Morgan fingerprint density at radius 1 is 1.17 bits per heavy atom. The van der Waals surface area contributed by atoms with Gasteiger partial charge in [-0.15, -0.1) is 0 Å². The number of carbonyl (C=O) groups is 1. The lowest BCUT2D eigenvalue weighted by molar-refractivity contribution is -0.252. The minimum atomic E-state index is -5.96. The first-order valence-electron chi connectivity index (χ1n) is 10.3. The van der Waals surface area contributed by atoms with Gasteiger partial charge >= 0.3 is 21.3 Å². The number of carbonyl (C=O) groups excluding carboxylic acids is 1. The van der Waals surface area contributed by atoms with E-state index in [0.29, 0.717) is 43.9 Å². The first kappa shape index (κ1) is 23.8. The molecule has 174 valence electrons. The molecule has 0 radical (unpaired) electrons. The van der Waals surface area contributed by atoms with Crippen molar-refractivity contribution in [2.45, 2.75) is 88.0 Å². The quantitative estimate of drug-likeness (QED) is 0.274. The van der Waals surface area contributed by atoms with E-state index in [1.54, 1.807) is 0 Å². The average Bonchev–Trinajstić information content (AvgIpc) is 2.63. The van der Waals surface area contributed by atoms with Gasteiger partial charge in [-0.05, 0) is 63.2 Å².